The van der Waals surface area contributed by atoms with E-state index in [2.05, 4.69) is 31.9 Å². The van der Waals surface area contributed by atoms with Crippen molar-refractivity contribution in [2.75, 3.05) is 0 Å². The average molecular weight is 401 g/mol. The fourth-order valence-electron chi connectivity index (χ4n) is 1.33. The third-order valence-electron chi connectivity index (χ3n) is 2.07. The van der Waals surface area contributed by atoms with Crippen LogP contribution in [0.4, 0.5) is 0 Å². The first-order valence-electron chi connectivity index (χ1n) is 4.42. The maximum atomic E-state index is 6.17. The van der Waals surface area contributed by atoms with Crippen molar-refractivity contribution in [3.8, 4) is 0 Å². The fourth-order valence-corrected chi connectivity index (χ4v) is 3.93. The van der Waals surface area contributed by atoms with E-state index in [1.54, 1.807) is 11.3 Å². The molecule has 5 heteroatoms. The van der Waals surface area contributed by atoms with E-state index in [0.29, 0.717) is 0 Å². The molecule has 0 aliphatic heterocycles. The Hall–Kier alpha value is 0.460. The first kappa shape index (κ1) is 12.9. The van der Waals surface area contributed by atoms with Crippen molar-refractivity contribution in [2.24, 2.45) is 0 Å². The van der Waals surface area contributed by atoms with E-state index in [1.807, 2.05) is 30.3 Å². The van der Waals surface area contributed by atoms with Gasteiger partial charge in [0.2, 0.25) is 0 Å². The molecule has 16 heavy (non-hydrogen) atoms. The third kappa shape index (κ3) is 2.82. The van der Waals surface area contributed by atoms with Gasteiger partial charge in [0.1, 0.15) is 0 Å². The quantitative estimate of drug-likeness (QED) is 0.519. The first-order valence-corrected chi connectivity index (χ1v) is 7.70. The van der Waals surface area contributed by atoms with Gasteiger partial charge in [-0.15, -0.1) is 11.3 Å². The average Bonchev–Trinajstić information content (AvgIpc) is 2.67. The van der Waals surface area contributed by atoms with Crippen LogP contribution in [0.2, 0.25) is 9.36 Å². The van der Waals surface area contributed by atoms with E-state index in [4.69, 9.17) is 23.2 Å². The second-order valence-corrected chi connectivity index (χ2v) is 7.16. The van der Waals surface area contributed by atoms with Crippen LogP contribution in [-0.2, 0) is 0 Å². The zero-order valence-electron chi connectivity index (χ0n) is 7.88. The Morgan fingerprint density at radius 1 is 1.12 bits per heavy atom. The van der Waals surface area contributed by atoms with Gasteiger partial charge >= 0.3 is 0 Å². The van der Waals surface area contributed by atoms with Crippen LogP contribution in [-0.4, -0.2) is 0 Å². The largest absolute Gasteiger partial charge is 0.127 e. The Morgan fingerprint density at radius 2 is 1.88 bits per heavy atom. The normalized spacial score (nSPS) is 12.8. The molecule has 2 rings (SSSR count). The van der Waals surface area contributed by atoms with Gasteiger partial charge in [0.25, 0.3) is 0 Å². The summed E-state index contributed by atoms with van der Waals surface area (Å²) in [6.07, 6.45) is 0. The Kier molecular flexibility index (Phi) is 4.36. The Labute approximate surface area is 125 Å². The molecule has 0 fully saturated rings. The molecule has 0 nitrogen and oxygen atoms in total. The highest BCUT2D eigenvalue weighted by atomic mass is 79.9. The molecule has 0 bridgehead atoms. The van der Waals surface area contributed by atoms with Crippen LogP contribution in [0.25, 0.3) is 0 Å². The number of hydrogen-bond donors (Lipinski definition) is 0. The van der Waals surface area contributed by atoms with Crippen molar-refractivity contribution in [3.05, 3.63) is 54.6 Å². The summed E-state index contributed by atoms with van der Waals surface area (Å²) in [5.41, 5.74) is 1.04. The molecule has 0 saturated heterocycles. The molecular weight excluding hydrogens is 395 g/mol. The number of benzene rings is 1. The van der Waals surface area contributed by atoms with Gasteiger partial charge in [-0.05, 0) is 35.9 Å². The summed E-state index contributed by atoms with van der Waals surface area (Å²) in [5.74, 6) is 0. The molecule has 1 aromatic heterocycles. The minimum Gasteiger partial charge on any atom is -0.127 e. The zero-order valence-corrected chi connectivity index (χ0v) is 13.4. The molecule has 0 aliphatic carbocycles. The van der Waals surface area contributed by atoms with Crippen molar-refractivity contribution in [2.45, 2.75) is 4.83 Å². The molecular formula is C11H6Br2Cl2S. The first-order chi connectivity index (χ1) is 7.58. The van der Waals surface area contributed by atoms with Gasteiger partial charge in [-0.1, -0.05) is 55.1 Å². The molecule has 1 heterocycles. The lowest BCUT2D eigenvalue weighted by Crippen LogP contribution is -1.90. The number of halogens is 4. The van der Waals surface area contributed by atoms with Gasteiger partial charge in [-0.25, -0.2) is 0 Å². The molecule has 0 radical (unpaired) electrons. The van der Waals surface area contributed by atoms with Crippen LogP contribution < -0.4 is 0 Å². The highest BCUT2D eigenvalue weighted by molar-refractivity contribution is 9.10. The second kappa shape index (κ2) is 5.40. The molecule has 1 unspecified atom stereocenters. The van der Waals surface area contributed by atoms with Crippen molar-refractivity contribution in [1.29, 1.82) is 0 Å². The fraction of sp³-hybridized carbons (Fsp3) is 0.0909. The highest BCUT2D eigenvalue weighted by Crippen LogP contribution is 2.40. The predicted octanol–water partition coefficient (Wildman–Crippen LogP) is 6.30. The predicted molar refractivity (Wildman–Crippen MR) is 79.3 cm³/mol. The third-order valence-corrected chi connectivity index (χ3v) is 5.50. The number of alkyl halides is 1. The summed E-state index contributed by atoms with van der Waals surface area (Å²) in [5, 5.41) is 0.745. The van der Waals surface area contributed by atoms with Crippen LogP contribution in [0, 0.1) is 0 Å². The standard InChI is InChI=1S/C11H6Br2Cl2S/c12-6-1-2-8(14)7(5-6)11(13)9-3-4-10(15)16-9/h1-5,11H. The monoisotopic (exact) mass is 398 g/mol. The Morgan fingerprint density at radius 3 is 2.50 bits per heavy atom. The summed E-state index contributed by atoms with van der Waals surface area (Å²) in [6, 6.07) is 9.71. The maximum Gasteiger partial charge on any atom is 0.0931 e. The summed E-state index contributed by atoms with van der Waals surface area (Å²) in [7, 11) is 0. The van der Waals surface area contributed by atoms with Gasteiger partial charge < -0.3 is 0 Å². The Balaban J connectivity index is 2.40. The van der Waals surface area contributed by atoms with Gasteiger partial charge in [0.15, 0.2) is 0 Å². The lowest BCUT2D eigenvalue weighted by Gasteiger charge is -2.10. The van der Waals surface area contributed by atoms with E-state index < -0.39 is 0 Å². The van der Waals surface area contributed by atoms with Crippen molar-refractivity contribution in [1.82, 2.24) is 0 Å². The van der Waals surface area contributed by atoms with E-state index >= 15 is 0 Å². The maximum absolute atomic E-state index is 6.17. The van der Waals surface area contributed by atoms with Gasteiger partial charge in [0, 0.05) is 14.4 Å². The number of thiophene rings is 1. The molecule has 0 aliphatic rings. The van der Waals surface area contributed by atoms with Gasteiger partial charge in [0.05, 0.1) is 9.16 Å². The molecule has 1 aromatic carbocycles. The van der Waals surface area contributed by atoms with E-state index in [1.165, 1.54) is 0 Å². The molecule has 0 amide bonds. The van der Waals surface area contributed by atoms with E-state index in [9.17, 15) is 0 Å². The summed E-state index contributed by atoms with van der Waals surface area (Å²) >= 11 is 20.7. The van der Waals surface area contributed by atoms with Crippen LogP contribution in [0.1, 0.15) is 15.3 Å². The number of rotatable bonds is 2. The summed E-state index contributed by atoms with van der Waals surface area (Å²) in [6.45, 7) is 0. The molecule has 84 valence electrons. The molecule has 0 spiro atoms. The van der Waals surface area contributed by atoms with Crippen molar-refractivity contribution >= 4 is 66.4 Å². The number of hydrogen-bond acceptors (Lipinski definition) is 1. The van der Waals surface area contributed by atoms with Crippen LogP contribution in [0.3, 0.4) is 0 Å². The van der Waals surface area contributed by atoms with Crippen molar-refractivity contribution < 1.29 is 0 Å². The molecule has 0 saturated carbocycles. The van der Waals surface area contributed by atoms with Crippen LogP contribution in [0.15, 0.2) is 34.8 Å². The second-order valence-electron chi connectivity index (χ2n) is 3.17. The van der Waals surface area contributed by atoms with Crippen molar-refractivity contribution in [3.63, 3.8) is 0 Å². The topological polar surface area (TPSA) is 0 Å². The molecule has 0 N–H and O–H groups in total. The SMILES string of the molecule is Clc1ccc(C(Br)c2cc(Br)ccc2Cl)s1. The summed E-state index contributed by atoms with van der Waals surface area (Å²) in [4.78, 5) is 1.22. The smallest absolute Gasteiger partial charge is 0.0931 e. The van der Waals surface area contributed by atoms with Gasteiger partial charge in [-0.3, -0.25) is 0 Å². The zero-order chi connectivity index (χ0) is 11.7. The highest BCUT2D eigenvalue weighted by Gasteiger charge is 2.15. The van der Waals surface area contributed by atoms with Crippen LogP contribution >= 0.6 is 66.4 Å². The lowest BCUT2D eigenvalue weighted by atomic mass is 10.1. The van der Waals surface area contributed by atoms with E-state index in [0.717, 1.165) is 24.3 Å². The summed E-state index contributed by atoms with van der Waals surface area (Å²) < 4.78 is 1.80. The van der Waals surface area contributed by atoms with E-state index in [-0.39, 0.29) is 4.83 Å². The van der Waals surface area contributed by atoms with Gasteiger partial charge in [-0.2, -0.15) is 0 Å². The lowest BCUT2D eigenvalue weighted by molar-refractivity contribution is 1.22. The minimum atomic E-state index is 0.0787. The molecule has 1 atom stereocenters. The minimum absolute atomic E-state index is 0.0787. The molecule has 2 aromatic rings. The van der Waals surface area contributed by atoms with Crippen LogP contribution in [0.5, 0.6) is 0 Å². The Bertz CT molecular complexity index is 510.